The maximum Gasteiger partial charge on any atom is 0.258 e. The number of benzene rings is 1. The molecule has 1 aromatic rings. The summed E-state index contributed by atoms with van der Waals surface area (Å²) in [6, 6.07) is 7.81. The van der Waals surface area contributed by atoms with Gasteiger partial charge in [-0.2, -0.15) is 0 Å². The van der Waals surface area contributed by atoms with E-state index in [0.29, 0.717) is 11.8 Å². The smallest absolute Gasteiger partial charge is 0.258 e. The number of nitrogens with one attached hydrogen (secondary N) is 1. The molecule has 2 aliphatic carbocycles. The van der Waals surface area contributed by atoms with Crippen molar-refractivity contribution in [2.75, 3.05) is 13.2 Å². The van der Waals surface area contributed by atoms with E-state index in [4.69, 9.17) is 4.74 Å². The van der Waals surface area contributed by atoms with Crippen LogP contribution in [0.3, 0.4) is 0 Å². The third-order valence-electron chi connectivity index (χ3n) is 4.99. The number of aliphatic hydroxyl groups excluding tert-OH is 1. The number of aryl methyl sites for hydroxylation is 1. The Labute approximate surface area is 125 Å². The minimum atomic E-state index is -0.0903. The van der Waals surface area contributed by atoms with Gasteiger partial charge in [0.25, 0.3) is 5.91 Å². The molecule has 0 heterocycles. The minimum absolute atomic E-state index is 0.0372. The van der Waals surface area contributed by atoms with Crippen LogP contribution in [0.4, 0.5) is 0 Å². The molecule has 2 aliphatic rings. The summed E-state index contributed by atoms with van der Waals surface area (Å²) >= 11 is 0. The SMILES string of the molecule is Cc1cccc(OCC(=O)NC2C3CCC(C3)C2CO)c1. The third kappa shape index (κ3) is 3.05. The van der Waals surface area contributed by atoms with Crippen LogP contribution >= 0.6 is 0 Å². The van der Waals surface area contributed by atoms with Crippen molar-refractivity contribution in [3.05, 3.63) is 29.8 Å². The van der Waals surface area contributed by atoms with Crippen molar-refractivity contribution in [2.24, 2.45) is 17.8 Å². The number of rotatable bonds is 5. The summed E-state index contributed by atoms with van der Waals surface area (Å²) in [5, 5.41) is 12.6. The molecule has 0 saturated heterocycles. The summed E-state index contributed by atoms with van der Waals surface area (Å²) in [6.45, 7) is 2.20. The van der Waals surface area contributed by atoms with Gasteiger partial charge in [-0.15, -0.1) is 0 Å². The van der Waals surface area contributed by atoms with Crippen molar-refractivity contribution >= 4 is 5.91 Å². The zero-order chi connectivity index (χ0) is 14.8. The van der Waals surface area contributed by atoms with Gasteiger partial charge in [0.2, 0.25) is 0 Å². The number of hydrogen-bond donors (Lipinski definition) is 2. The maximum absolute atomic E-state index is 12.1. The molecule has 4 unspecified atom stereocenters. The summed E-state index contributed by atoms with van der Waals surface area (Å²) in [5.41, 5.74) is 1.11. The molecule has 0 aromatic heterocycles. The molecule has 3 rings (SSSR count). The van der Waals surface area contributed by atoms with Crippen LogP contribution in [-0.4, -0.2) is 30.3 Å². The van der Waals surface area contributed by atoms with Gasteiger partial charge in [0, 0.05) is 18.6 Å². The molecular formula is C17H23NO3. The van der Waals surface area contributed by atoms with Gasteiger partial charge >= 0.3 is 0 Å². The summed E-state index contributed by atoms with van der Waals surface area (Å²) in [7, 11) is 0. The molecule has 1 amide bonds. The predicted molar refractivity (Wildman–Crippen MR) is 80.0 cm³/mol. The predicted octanol–water partition coefficient (Wildman–Crippen LogP) is 1.90. The molecule has 21 heavy (non-hydrogen) atoms. The standard InChI is InChI=1S/C17H23NO3/c1-11-3-2-4-14(7-11)21-10-16(20)18-17-13-6-5-12(8-13)15(17)9-19/h2-4,7,12-13,15,17,19H,5-6,8-10H2,1H3,(H,18,20). The van der Waals surface area contributed by atoms with E-state index in [1.54, 1.807) is 0 Å². The van der Waals surface area contributed by atoms with E-state index in [2.05, 4.69) is 5.32 Å². The average Bonchev–Trinajstić information content (AvgIpc) is 3.06. The Morgan fingerprint density at radius 1 is 1.38 bits per heavy atom. The first-order valence-electron chi connectivity index (χ1n) is 7.77. The zero-order valence-electron chi connectivity index (χ0n) is 12.4. The molecule has 0 spiro atoms. The van der Waals surface area contributed by atoms with Gasteiger partial charge in [0.05, 0.1) is 0 Å². The Morgan fingerprint density at radius 2 is 2.19 bits per heavy atom. The Bertz CT molecular complexity index is 517. The first kappa shape index (κ1) is 14.4. The van der Waals surface area contributed by atoms with E-state index in [0.717, 1.165) is 17.7 Å². The second kappa shape index (κ2) is 6.06. The molecule has 0 radical (unpaired) electrons. The van der Waals surface area contributed by atoms with Gasteiger partial charge in [-0.1, -0.05) is 12.1 Å². The fourth-order valence-corrected chi connectivity index (χ4v) is 3.98. The molecule has 4 atom stereocenters. The Kier molecular flexibility index (Phi) is 4.15. The van der Waals surface area contributed by atoms with Crippen molar-refractivity contribution in [3.8, 4) is 5.75 Å². The molecule has 114 valence electrons. The van der Waals surface area contributed by atoms with Crippen molar-refractivity contribution in [3.63, 3.8) is 0 Å². The summed E-state index contributed by atoms with van der Waals surface area (Å²) < 4.78 is 5.53. The molecule has 1 aromatic carbocycles. The molecule has 2 fully saturated rings. The van der Waals surface area contributed by atoms with Crippen LogP contribution in [0.2, 0.25) is 0 Å². The fourth-order valence-electron chi connectivity index (χ4n) is 3.98. The largest absolute Gasteiger partial charge is 0.484 e. The van der Waals surface area contributed by atoms with E-state index in [-0.39, 0.29) is 31.1 Å². The lowest BCUT2D eigenvalue weighted by molar-refractivity contribution is -0.124. The minimum Gasteiger partial charge on any atom is -0.484 e. The highest BCUT2D eigenvalue weighted by Gasteiger charge is 2.47. The lowest BCUT2D eigenvalue weighted by Crippen LogP contribution is -2.46. The van der Waals surface area contributed by atoms with E-state index in [1.807, 2.05) is 31.2 Å². The normalized spacial score (nSPS) is 30.4. The topological polar surface area (TPSA) is 58.6 Å². The van der Waals surface area contributed by atoms with Crippen LogP contribution in [0.1, 0.15) is 24.8 Å². The fraction of sp³-hybridized carbons (Fsp3) is 0.588. The number of ether oxygens (including phenoxy) is 1. The van der Waals surface area contributed by atoms with Gasteiger partial charge in [-0.3, -0.25) is 4.79 Å². The van der Waals surface area contributed by atoms with Gasteiger partial charge in [0.15, 0.2) is 6.61 Å². The van der Waals surface area contributed by atoms with Crippen LogP contribution in [0.25, 0.3) is 0 Å². The van der Waals surface area contributed by atoms with Gasteiger partial charge < -0.3 is 15.2 Å². The first-order chi connectivity index (χ1) is 10.2. The van der Waals surface area contributed by atoms with Gasteiger partial charge in [-0.25, -0.2) is 0 Å². The Balaban J connectivity index is 1.52. The first-order valence-corrected chi connectivity index (χ1v) is 7.77. The monoisotopic (exact) mass is 289 g/mol. The van der Waals surface area contributed by atoms with Crippen molar-refractivity contribution in [2.45, 2.75) is 32.2 Å². The molecular weight excluding hydrogens is 266 g/mol. The highest BCUT2D eigenvalue weighted by molar-refractivity contribution is 5.78. The highest BCUT2D eigenvalue weighted by atomic mass is 16.5. The van der Waals surface area contributed by atoms with Crippen LogP contribution in [0.5, 0.6) is 5.75 Å². The van der Waals surface area contributed by atoms with E-state index in [1.165, 1.54) is 12.8 Å². The van der Waals surface area contributed by atoms with E-state index in [9.17, 15) is 9.90 Å². The van der Waals surface area contributed by atoms with Crippen LogP contribution < -0.4 is 10.1 Å². The van der Waals surface area contributed by atoms with Gasteiger partial charge in [-0.05, 0) is 55.7 Å². The Hall–Kier alpha value is -1.55. The van der Waals surface area contributed by atoms with Crippen molar-refractivity contribution in [1.29, 1.82) is 0 Å². The number of amides is 1. The molecule has 0 aliphatic heterocycles. The molecule has 2 N–H and O–H groups in total. The lowest BCUT2D eigenvalue weighted by Gasteiger charge is -2.30. The highest BCUT2D eigenvalue weighted by Crippen LogP contribution is 2.48. The Morgan fingerprint density at radius 3 is 2.95 bits per heavy atom. The summed E-state index contributed by atoms with van der Waals surface area (Å²) in [6.07, 6.45) is 3.52. The number of aliphatic hydroxyl groups is 1. The third-order valence-corrected chi connectivity index (χ3v) is 4.99. The number of fused-ring (bicyclic) bond motifs is 2. The van der Waals surface area contributed by atoms with Crippen LogP contribution in [0, 0.1) is 24.7 Å². The number of hydrogen-bond acceptors (Lipinski definition) is 3. The quantitative estimate of drug-likeness (QED) is 0.870. The molecule has 4 heteroatoms. The molecule has 2 bridgehead atoms. The second-order valence-corrected chi connectivity index (χ2v) is 6.38. The van der Waals surface area contributed by atoms with Gasteiger partial charge in [0.1, 0.15) is 5.75 Å². The maximum atomic E-state index is 12.1. The summed E-state index contributed by atoms with van der Waals surface area (Å²) in [5.74, 6) is 1.98. The van der Waals surface area contributed by atoms with E-state index < -0.39 is 0 Å². The van der Waals surface area contributed by atoms with Crippen molar-refractivity contribution in [1.82, 2.24) is 5.32 Å². The van der Waals surface area contributed by atoms with Crippen molar-refractivity contribution < 1.29 is 14.6 Å². The zero-order valence-corrected chi connectivity index (χ0v) is 12.4. The van der Waals surface area contributed by atoms with Crippen LogP contribution in [0.15, 0.2) is 24.3 Å². The van der Waals surface area contributed by atoms with E-state index >= 15 is 0 Å². The summed E-state index contributed by atoms with van der Waals surface area (Å²) in [4.78, 5) is 12.1. The average molecular weight is 289 g/mol. The number of carbonyl (C=O) groups excluding carboxylic acids is 1. The second-order valence-electron chi connectivity index (χ2n) is 6.38. The number of carbonyl (C=O) groups is 1. The van der Waals surface area contributed by atoms with Crippen LogP contribution in [-0.2, 0) is 4.79 Å². The molecule has 4 nitrogen and oxygen atoms in total. The lowest BCUT2D eigenvalue weighted by atomic mass is 9.85. The molecule has 2 saturated carbocycles.